The van der Waals surface area contributed by atoms with Crippen LogP contribution < -0.4 is 0 Å². The van der Waals surface area contributed by atoms with Crippen molar-refractivity contribution in [1.29, 1.82) is 0 Å². The topological polar surface area (TPSA) is 44.8 Å². The minimum absolute atomic E-state index is 0.00215. The molecule has 2 aliphatic carbocycles. The van der Waals surface area contributed by atoms with Gasteiger partial charge in [-0.25, -0.2) is 4.79 Å². The number of rotatable bonds is 4. The molecule has 25 heavy (non-hydrogen) atoms. The predicted molar refractivity (Wildman–Crippen MR) is 94.8 cm³/mol. The Morgan fingerprint density at radius 3 is 2.96 bits per heavy atom. The van der Waals surface area contributed by atoms with Crippen LogP contribution in [0.25, 0.3) is 0 Å². The number of hydrogen-bond donors (Lipinski definition) is 0. The summed E-state index contributed by atoms with van der Waals surface area (Å²) < 4.78 is 16.6. The average Bonchev–Trinajstić information content (AvgIpc) is 3.22. The van der Waals surface area contributed by atoms with Gasteiger partial charge >= 0.3 is 5.97 Å². The van der Waals surface area contributed by atoms with Crippen molar-refractivity contribution in [2.75, 3.05) is 20.3 Å². The quantitative estimate of drug-likeness (QED) is 0.718. The lowest BCUT2D eigenvalue weighted by Crippen LogP contribution is -2.51. The zero-order valence-electron chi connectivity index (χ0n) is 15.9. The van der Waals surface area contributed by atoms with Gasteiger partial charge < -0.3 is 14.2 Å². The van der Waals surface area contributed by atoms with E-state index in [2.05, 4.69) is 19.9 Å². The number of ether oxygens (including phenoxy) is 3. The fourth-order valence-electron chi connectivity index (χ4n) is 6.24. The average molecular weight is 348 g/mol. The molecule has 0 aromatic carbocycles. The molecule has 0 aromatic rings. The van der Waals surface area contributed by atoms with E-state index in [0.717, 1.165) is 31.4 Å². The lowest BCUT2D eigenvalue weighted by Gasteiger charge is -2.56. The lowest BCUT2D eigenvalue weighted by molar-refractivity contribution is -0.135. The summed E-state index contributed by atoms with van der Waals surface area (Å²) in [6.45, 7) is 6.35. The number of cyclic esters (lactones) is 1. The molecule has 6 atom stereocenters. The molecule has 2 aliphatic heterocycles. The first-order chi connectivity index (χ1) is 12.0. The van der Waals surface area contributed by atoms with Crippen molar-refractivity contribution < 1.29 is 19.0 Å². The van der Waals surface area contributed by atoms with Crippen LogP contribution in [0, 0.1) is 28.6 Å². The zero-order chi connectivity index (χ0) is 17.7. The molecule has 4 aliphatic rings. The van der Waals surface area contributed by atoms with Gasteiger partial charge in [0.25, 0.3) is 0 Å². The number of esters is 1. The van der Waals surface area contributed by atoms with Crippen LogP contribution in [0.15, 0.2) is 11.6 Å². The van der Waals surface area contributed by atoms with Gasteiger partial charge in [-0.15, -0.1) is 0 Å². The summed E-state index contributed by atoms with van der Waals surface area (Å²) >= 11 is 0. The fourth-order valence-corrected chi connectivity index (χ4v) is 6.24. The number of carbonyl (C=O) groups is 1. The van der Waals surface area contributed by atoms with Crippen molar-refractivity contribution in [1.82, 2.24) is 0 Å². The van der Waals surface area contributed by atoms with E-state index >= 15 is 0 Å². The monoisotopic (exact) mass is 348 g/mol. The Morgan fingerprint density at radius 2 is 2.20 bits per heavy atom. The highest BCUT2D eigenvalue weighted by Gasteiger charge is 2.60. The van der Waals surface area contributed by atoms with Crippen molar-refractivity contribution in [2.45, 2.75) is 65.1 Å². The number of carbonyl (C=O) groups excluding carboxylic acids is 1. The van der Waals surface area contributed by atoms with Crippen molar-refractivity contribution in [2.24, 2.45) is 28.6 Å². The SMILES string of the molecule is CO[C@@H]1C[C@H](CC[C@@]2(C)[C@H](C)CC[C@@]34COC(=O)C3=CCC[C@@H]42)CO1. The second-order valence-corrected chi connectivity index (χ2v) is 9.06. The Morgan fingerprint density at radius 1 is 1.36 bits per heavy atom. The molecule has 0 radical (unpaired) electrons. The molecule has 1 saturated carbocycles. The van der Waals surface area contributed by atoms with Crippen LogP contribution >= 0.6 is 0 Å². The fraction of sp³-hybridized carbons (Fsp3) is 0.857. The maximum atomic E-state index is 12.3. The third-order valence-electron chi connectivity index (χ3n) is 8.03. The zero-order valence-corrected chi connectivity index (χ0v) is 15.9. The van der Waals surface area contributed by atoms with Crippen LogP contribution in [0.5, 0.6) is 0 Å². The summed E-state index contributed by atoms with van der Waals surface area (Å²) in [6.07, 6.45) is 10.1. The standard InChI is InChI=1S/C21H32O4/c1-14-7-10-21-13-25-19(22)16(21)5-4-6-17(21)20(14,2)9-8-15-11-18(23-3)24-12-15/h5,14-15,17-18H,4,6-13H2,1-3H3/t14-,15+,17-,18+,20+,21-/m1/s1. The summed E-state index contributed by atoms with van der Waals surface area (Å²) in [5, 5.41) is 0. The Bertz CT molecular complexity index is 570. The lowest BCUT2D eigenvalue weighted by atomic mass is 9.46. The third-order valence-corrected chi connectivity index (χ3v) is 8.03. The van der Waals surface area contributed by atoms with Crippen LogP contribution in [-0.4, -0.2) is 32.6 Å². The molecule has 3 fully saturated rings. The van der Waals surface area contributed by atoms with Crippen LogP contribution in [0.2, 0.25) is 0 Å². The second-order valence-electron chi connectivity index (χ2n) is 9.06. The number of allylic oxidation sites excluding steroid dienone is 1. The van der Waals surface area contributed by atoms with Gasteiger partial charge in [-0.05, 0) is 61.7 Å². The Balaban J connectivity index is 1.53. The molecule has 0 bridgehead atoms. The summed E-state index contributed by atoms with van der Waals surface area (Å²) in [7, 11) is 1.73. The summed E-state index contributed by atoms with van der Waals surface area (Å²) in [6, 6.07) is 0. The van der Waals surface area contributed by atoms with Gasteiger partial charge in [0.2, 0.25) is 0 Å². The maximum Gasteiger partial charge on any atom is 0.334 e. The first-order valence-electron chi connectivity index (χ1n) is 10.0. The first kappa shape index (κ1) is 17.5. The molecule has 140 valence electrons. The third kappa shape index (κ3) is 2.68. The molecular weight excluding hydrogens is 316 g/mol. The van der Waals surface area contributed by atoms with Gasteiger partial charge in [0, 0.05) is 24.5 Å². The van der Waals surface area contributed by atoms with Gasteiger partial charge in [-0.3, -0.25) is 0 Å². The molecule has 2 heterocycles. The van der Waals surface area contributed by atoms with E-state index in [1.807, 2.05) is 0 Å². The molecular formula is C21H32O4. The van der Waals surface area contributed by atoms with Crippen LogP contribution in [0.1, 0.15) is 58.8 Å². The smallest absolute Gasteiger partial charge is 0.334 e. The Hall–Kier alpha value is -0.870. The van der Waals surface area contributed by atoms with E-state index in [-0.39, 0.29) is 23.1 Å². The minimum Gasteiger partial charge on any atom is -0.461 e. The van der Waals surface area contributed by atoms with E-state index in [1.54, 1.807) is 7.11 Å². The van der Waals surface area contributed by atoms with Crippen LogP contribution in [0.3, 0.4) is 0 Å². The number of methoxy groups -OCH3 is 1. The molecule has 1 spiro atoms. The van der Waals surface area contributed by atoms with Crippen LogP contribution in [0.4, 0.5) is 0 Å². The van der Waals surface area contributed by atoms with E-state index in [1.165, 1.54) is 25.7 Å². The van der Waals surface area contributed by atoms with Gasteiger partial charge in [0.05, 0.1) is 6.61 Å². The van der Waals surface area contributed by atoms with Gasteiger partial charge in [-0.1, -0.05) is 19.9 Å². The molecule has 0 amide bonds. The number of hydrogen-bond acceptors (Lipinski definition) is 4. The van der Waals surface area contributed by atoms with Crippen molar-refractivity contribution in [3.63, 3.8) is 0 Å². The molecule has 4 heteroatoms. The van der Waals surface area contributed by atoms with E-state index in [9.17, 15) is 4.79 Å². The van der Waals surface area contributed by atoms with E-state index in [0.29, 0.717) is 24.4 Å². The molecule has 2 saturated heterocycles. The van der Waals surface area contributed by atoms with Crippen molar-refractivity contribution in [3.8, 4) is 0 Å². The Labute approximate surface area is 151 Å². The largest absolute Gasteiger partial charge is 0.461 e. The molecule has 0 N–H and O–H groups in total. The summed E-state index contributed by atoms with van der Waals surface area (Å²) in [5.41, 5.74) is 1.28. The molecule has 0 unspecified atom stereocenters. The maximum absolute atomic E-state index is 12.3. The predicted octanol–water partition coefficient (Wildman–Crippen LogP) is 4.09. The molecule has 0 aromatic heterocycles. The highest BCUT2D eigenvalue weighted by atomic mass is 16.7. The van der Waals surface area contributed by atoms with Crippen molar-refractivity contribution >= 4 is 5.97 Å². The summed E-state index contributed by atoms with van der Waals surface area (Å²) in [5.74, 6) is 1.81. The van der Waals surface area contributed by atoms with Gasteiger partial charge in [-0.2, -0.15) is 0 Å². The van der Waals surface area contributed by atoms with Crippen LogP contribution in [-0.2, 0) is 19.0 Å². The highest BCUT2D eigenvalue weighted by Crippen LogP contribution is 2.64. The second kappa shape index (κ2) is 6.38. The van der Waals surface area contributed by atoms with Crippen molar-refractivity contribution in [3.05, 3.63) is 11.6 Å². The minimum atomic E-state index is -0.0475. The first-order valence-corrected chi connectivity index (χ1v) is 10.0. The highest BCUT2D eigenvalue weighted by molar-refractivity contribution is 5.92. The molecule has 4 rings (SSSR count). The van der Waals surface area contributed by atoms with Gasteiger partial charge in [0.15, 0.2) is 6.29 Å². The Kier molecular flexibility index (Phi) is 4.48. The van der Waals surface area contributed by atoms with E-state index in [4.69, 9.17) is 14.2 Å². The normalized spacial score (nSPS) is 46.4. The summed E-state index contributed by atoms with van der Waals surface area (Å²) in [4.78, 5) is 12.3. The van der Waals surface area contributed by atoms with E-state index < -0.39 is 0 Å². The van der Waals surface area contributed by atoms with Gasteiger partial charge in [0.1, 0.15) is 6.61 Å². The molecule has 4 nitrogen and oxygen atoms in total.